The second-order valence-corrected chi connectivity index (χ2v) is 5.77. The lowest BCUT2D eigenvalue weighted by Gasteiger charge is -1.99. The summed E-state index contributed by atoms with van der Waals surface area (Å²) in [6, 6.07) is 0. The number of carboxylic acid groups (broad SMARTS) is 2. The van der Waals surface area contributed by atoms with Gasteiger partial charge in [-0.3, -0.25) is 4.40 Å². The Bertz CT molecular complexity index is 824. The van der Waals surface area contributed by atoms with Gasteiger partial charge in [-0.15, -0.1) is 21.5 Å². The summed E-state index contributed by atoms with van der Waals surface area (Å²) in [5.41, 5.74) is 1.07. The van der Waals surface area contributed by atoms with Crippen molar-refractivity contribution >= 4 is 28.2 Å². The summed E-state index contributed by atoms with van der Waals surface area (Å²) < 4.78 is 4.29. The minimum Gasteiger partial charge on any atom is -0.473 e. The number of thiazole rings is 1. The Morgan fingerprint density at radius 1 is 1.26 bits per heavy atom. The first-order chi connectivity index (χ1) is 11.0. The average molecular weight is 335 g/mol. The van der Waals surface area contributed by atoms with Gasteiger partial charge in [-0.25, -0.2) is 14.6 Å². The Kier molecular flexibility index (Phi) is 4.06. The molecule has 4 rings (SSSR count). The minimum atomic E-state index is -1.82. The van der Waals surface area contributed by atoms with E-state index in [0.29, 0.717) is 0 Å². The van der Waals surface area contributed by atoms with Crippen LogP contribution >= 0.6 is 11.3 Å². The van der Waals surface area contributed by atoms with Gasteiger partial charge in [-0.2, -0.15) is 0 Å². The topological polar surface area (TPSA) is 123 Å². The van der Waals surface area contributed by atoms with Crippen LogP contribution in [-0.2, 0) is 29.0 Å². The van der Waals surface area contributed by atoms with Gasteiger partial charge in [0.05, 0.1) is 12.1 Å². The van der Waals surface area contributed by atoms with E-state index in [2.05, 4.69) is 30.3 Å². The van der Waals surface area contributed by atoms with Gasteiger partial charge in [-0.05, 0) is 6.42 Å². The fourth-order valence-corrected chi connectivity index (χ4v) is 3.08. The summed E-state index contributed by atoms with van der Waals surface area (Å²) in [6.45, 7) is 1.06. The highest BCUT2D eigenvalue weighted by molar-refractivity contribution is 7.15. The molecule has 0 aromatic carbocycles. The quantitative estimate of drug-likeness (QED) is 0.660. The highest BCUT2D eigenvalue weighted by Crippen LogP contribution is 2.18. The molecule has 2 N–H and O–H groups in total. The molecule has 120 valence electrons. The van der Waals surface area contributed by atoms with Gasteiger partial charge in [0.15, 0.2) is 4.96 Å². The third kappa shape index (κ3) is 3.21. The molecule has 0 bridgehead atoms. The van der Waals surface area contributed by atoms with Crippen molar-refractivity contribution in [3.05, 3.63) is 35.1 Å². The molecule has 1 aliphatic rings. The SMILES string of the molecule is O=C(O)C(=O)O.c1cn2cc(Cc3nnc4n3CCC4)nc2s1. The summed E-state index contributed by atoms with van der Waals surface area (Å²) >= 11 is 1.66. The number of hydrogen-bond acceptors (Lipinski definition) is 6. The van der Waals surface area contributed by atoms with Crippen molar-refractivity contribution in [1.29, 1.82) is 0 Å². The van der Waals surface area contributed by atoms with Gasteiger partial charge in [0, 0.05) is 30.7 Å². The zero-order valence-electron chi connectivity index (χ0n) is 11.9. The molecule has 0 atom stereocenters. The van der Waals surface area contributed by atoms with Crippen LogP contribution in [-0.4, -0.2) is 46.3 Å². The molecule has 0 aliphatic carbocycles. The van der Waals surface area contributed by atoms with Crippen molar-refractivity contribution in [3.63, 3.8) is 0 Å². The molecule has 10 heteroatoms. The van der Waals surface area contributed by atoms with Gasteiger partial charge in [-0.1, -0.05) is 0 Å². The predicted octanol–water partition coefficient (Wildman–Crippen LogP) is 0.680. The molecular formula is C13H13N5O4S. The Hall–Kier alpha value is -2.75. The summed E-state index contributed by atoms with van der Waals surface area (Å²) in [5.74, 6) is -1.48. The number of aliphatic carboxylic acids is 2. The summed E-state index contributed by atoms with van der Waals surface area (Å²) in [4.78, 5) is 23.8. The van der Waals surface area contributed by atoms with Crippen LogP contribution in [0, 0.1) is 0 Å². The first-order valence-electron chi connectivity index (χ1n) is 6.83. The second-order valence-electron chi connectivity index (χ2n) is 4.90. The average Bonchev–Trinajstić information content (AvgIpc) is 3.21. The third-order valence-corrected chi connectivity index (χ3v) is 4.12. The number of nitrogens with zero attached hydrogens (tertiary/aromatic N) is 5. The molecule has 0 saturated heterocycles. The number of fused-ring (bicyclic) bond motifs is 2. The van der Waals surface area contributed by atoms with Crippen LogP contribution < -0.4 is 0 Å². The first-order valence-corrected chi connectivity index (χ1v) is 7.71. The highest BCUT2D eigenvalue weighted by atomic mass is 32.1. The van der Waals surface area contributed by atoms with Crippen molar-refractivity contribution in [2.24, 2.45) is 0 Å². The number of imidazole rings is 1. The second kappa shape index (κ2) is 6.16. The fraction of sp³-hybridized carbons (Fsp3) is 0.308. The van der Waals surface area contributed by atoms with Crippen molar-refractivity contribution in [2.75, 3.05) is 0 Å². The van der Waals surface area contributed by atoms with E-state index in [9.17, 15) is 0 Å². The van der Waals surface area contributed by atoms with Crippen LogP contribution in [0.1, 0.15) is 23.8 Å². The van der Waals surface area contributed by atoms with E-state index >= 15 is 0 Å². The van der Waals surface area contributed by atoms with Gasteiger partial charge in [0.2, 0.25) is 0 Å². The zero-order valence-corrected chi connectivity index (χ0v) is 12.7. The Balaban J connectivity index is 0.000000227. The standard InChI is InChI=1S/C11H11N5S.C2H2O4/c1-2-9-13-14-10(16(9)3-1)6-8-7-15-4-5-17-11(15)12-8;3-1(4)2(5)6/h4-5,7H,1-3,6H2;(H,3,4)(H,5,6). The van der Waals surface area contributed by atoms with E-state index in [-0.39, 0.29) is 0 Å². The smallest absolute Gasteiger partial charge is 0.414 e. The van der Waals surface area contributed by atoms with E-state index in [4.69, 9.17) is 19.8 Å². The van der Waals surface area contributed by atoms with Crippen LogP contribution in [0.25, 0.3) is 4.96 Å². The van der Waals surface area contributed by atoms with E-state index in [1.54, 1.807) is 11.3 Å². The number of aromatic nitrogens is 5. The van der Waals surface area contributed by atoms with Gasteiger partial charge in [0.25, 0.3) is 0 Å². The molecule has 3 aromatic heterocycles. The maximum atomic E-state index is 9.10. The van der Waals surface area contributed by atoms with Crippen LogP contribution in [0.15, 0.2) is 17.8 Å². The van der Waals surface area contributed by atoms with Crippen molar-refractivity contribution in [3.8, 4) is 0 Å². The molecule has 0 spiro atoms. The first kappa shape index (κ1) is 15.2. The van der Waals surface area contributed by atoms with Crippen molar-refractivity contribution in [2.45, 2.75) is 25.8 Å². The molecule has 23 heavy (non-hydrogen) atoms. The molecule has 3 aromatic rings. The third-order valence-electron chi connectivity index (χ3n) is 3.35. The summed E-state index contributed by atoms with van der Waals surface area (Å²) in [6.07, 6.45) is 7.13. The Morgan fingerprint density at radius 2 is 2.04 bits per heavy atom. The summed E-state index contributed by atoms with van der Waals surface area (Å²) in [5, 5.41) is 25.3. The molecule has 1 aliphatic heterocycles. The van der Waals surface area contributed by atoms with Crippen LogP contribution in [0.2, 0.25) is 0 Å². The maximum absolute atomic E-state index is 9.10. The normalized spacial score (nSPS) is 12.7. The van der Waals surface area contributed by atoms with Crippen molar-refractivity contribution < 1.29 is 19.8 Å². The predicted molar refractivity (Wildman–Crippen MR) is 79.5 cm³/mol. The lowest BCUT2D eigenvalue weighted by Crippen LogP contribution is -2.09. The molecule has 0 saturated carbocycles. The molecule has 0 fully saturated rings. The van der Waals surface area contributed by atoms with E-state index in [1.807, 2.05) is 11.6 Å². The van der Waals surface area contributed by atoms with Gasteiger partial charge in [0.1, 0.15) is 11.6 Å². The zero-order chi connectivity index (χ0) is 16.4. The molecular weight excluding hydrogens is 322 g/mol. The number of aryl methyl sites for hydroxylation is 1. The monoisotopic (exact) mass is 335 g/mol. The van der Waals surface area contributed by atoms with Crippen molar-refractivity contribution in [1.82, 2.24) is 24.1 Å². The molecule has 9 nitrogen and oxygen atoms in total. The summed E-state index contributed by atoms with van der Waals surface area (Å²) in [7, 11) is 0. The number of carbonyl (C=O) groups is 2. The minimum absolute atomic E-state index is 0.779. The lowest BCUT2D eigenvalue weighted by atomic mass is 10.3. The molecule has 0 unspecified atom stereocenters. The van der Waals surface area contributed by atoms with E-state index in [1.165, 1.54) is 6.42 Å². The van der Waals surface area contributed by atoms with Crippen LogP contribution in [0.4, 0.5) is 0 Å². The number of hydrogen-bond donors (Lipinski definition) is 2. The van der Waals surface area contributed by atoms with E-state index < -0.39 is 11.9 Å². The fourth-order valence-electron chi connectivity index (χ4n) is 2.36. The number of carboxylic acids is 2. The van der Waals surface area contributed by atoms with Gasteiger partial charge < -0.3 is 14.8 Å². The maximum Gasteiger partial charge on any atom is 0.414 e. The molecule has 4 heterocycles. The van der Waals surface area contributed by atoms with Crippen LogP contribution in [0.5, 0.6) is 0 Å². The van der Waals surface area contributed by atoms with Crippen LogP contribution in [0.3, 0.4) is 0 Å². The lowest BCUT2D eigenvalue weighted by molar-refractivity contribution is -0.159. The molecule has 0 radical (unpaired) electrons. The Labute approximate surface area is 133 Å². The number of rotatable bonds is 2. The molecule has 0 amide bonds. The highest BCUT2D eigenvalue weighted by Gasteiger charge is 2.18. The van der Waals surface area contributed by atoms with Gasteiger partial charge >= 0.3 is 11.9 Å². The largest absolute Gasteiger partial charge is 0.473 e. The Morgan fingerprint density at radius 3 is 2.74 bits per heavy atom. The van der Waals surface area contributed by atoms with E-state index in [0.717, 1.165) is 41.7 Å².